The molecule has 4 rings (SSSR count). The van der Waals surface area contributed by atoms with Crippen molar-refractivity contribution in [3.8, 4) is 11.3 Å². The van der Waals surface area contributed by atoms with Gasteiger partial charge < -0.3 is 10.0 Å². The highest BCUT2D eigenvalue weighted by atomic mass is 35.5. The normalized spacial score (nSPS) is 11.5. The van der Waals surface area contributed by atoms with Gasteiger partial charge in [-0.05, 0) is 42.5 Å². The molecule has 1 heterocycles. The number of aromatic carboxylic acids is 1. The molecule has 0 saturated heterocycles. The molecule has 12 heteroatoms. The van der Waals surface area contributed by atoms with E-state index in [1.165, 1.54) is 43.3 Å². The molecule has 190 valence electrons. The zero-order chi connectivity index (χ0) is 27.2. The van der Waals surface area contributed by atoms with Crippen LogP contribution in [0.4, 0.5) is 17.6 Å². The van der Waals surface area contributed by atoms with Crippen molar-refractivity contribution in [2.45, 2.75) is 6.18 Å². The zero-order valence-corrected chi connectivity index (χ0v) is 19.9. The van der Waals surface area contributed by atoms with E-state index in [2.05, 4.69) is 5.10 Å². The Bertz CT molecular complexity index is 1600. The van der Waals surface area contributed by atoms with Gasteiger partial charge in [0.05, 0.1) is 27.2 Å². The van der Waals surface area contributed by atoms with Gasteiger partial charge in [0.15, 0.2) is 0 Å². The summed E-state index contributed by atoms with van der Waals surface area (Å²) < 4.78 is 56.2. The Labute approximate surface area is 211 Å². The van der Waals surface area contributed by atoms with Crippen molar-refractivity contribution in [3.63, 3.8) is 0 Å². The van der Waals surface area contributed by atoms with Crippen molar-refractivity contribution in [1.29, 1.82) is 0 Å². The second-order valence-electron chi connectivity index (χ2n) is 8.16. The number of fused-ring (bicyclic) bond motifs is 1. The molecule has 0 bridgehead atoms. The second kappa shape index (κ2) is 9.32. The van der Waals surface area contributed by atoms with Gasteiger partial charge in [-0.15, -0.1) is 0 Å². The number of carbonyl (C=O) groups excluding carboxylic acids is 2. The van der Waals surface area contributed by atoms with Crippen molar-refractivity contribution in [2.24, 2.45) is 0 Å². The van der Waals surface area contributed by atoms with Crippen LogP contribution in [-0.2, 0) is 6.18 Å². The average Bonchev–Trinajstić information content (AvgIpc) is 3.21. The van der Waals surface area contributed by atoms with Crippen LogP contribution in [0, 0.1) is 5.82 Å². The van der Waals surface area contributed by atoms with Gasteiger partial charge in [-0.3, -0.25) is 9.59 Å². The molecule has 0 aliphatic rings. The number of hydrogen-bond acceptors (Lipinski definition) is 4. The number of nitrogens with zero attached hydrogens (tertiary/aromatic N) is 3. The van der Waals surface area contributed by atoms with Crippen LogP contribution in [0.5, 0.6) is 0 Å². The Morgan fingerprint density at radius 3 is 2.32 bits per heavy atom. The number of benzene rings is 3. The molecule has 37 heavy (non-hydrogen) atoms. The fraction of sp³-hybridized carbons (Fsp3) is 0.120. The van der Waals surface area contributed by atoms with E-state index >= 15 is 0 Å². The van der Waals surface area contributed by atoms with Gasteiger partial charge in [0, 0.05) is 30.6 Å². The van der Waals surface area contributed by atoms with E-state index in [0.29, 0.717) is 10.7 Å². The van der Waals surface area contributed by atoms with Crippen molar-refractivity contribution in [1.82, 2.24) is 14.7 Å². The third kappa shape index (κ3) is 4.65. The zero-order valence-electron chi connectivity index (χ0n) is 19.1. The molecule has 0 aliphatic carbocycles. The third-order valence-corrected chi connectivity index (χ3v) is 5.85. The summed E-state index contributed by atoms with van der Waals surface area (Å²) in [5.41, 5.74) is -2.64. The number of amides is 1. The smallest absolute Gasteiger partial charge is 0.417 e. The van der Waals surface area contributed by atoms with Crippen LogP contribution in [0.2, 0.25) is 5.02 Å². The van der Waals surface area contributed by atoms with Crippen molar-refractivity contribution in [2.75, 3.05) is 14.1 Å². The molecule has 1 N–H and O–H groups in total. The Hall–Kier alpha value is -4.25. The summed E-state index contributed by atoms with van der Waals surface area (Å²) >= 11 is 6.02. The molecule has 0 fully saturated rings. The number of carbonyl (C=O) groups is 3. The van der Waals surface area contributed by atoms with Gasteiger partial charge in [0.2, 0.25) is 0 Å². The molecule has 0 radical (unpaired) electrons. The molecule has 0 aliphatic heterocycles. The summed E-state index contributed by atoms with van der Waals surface area (Å²) in [7, 11) is 2.99. The average molecular weight is 534 g/mol. The lowest BCUT2D eigenvalue weighted by Crippen LogP contribution is -2.22. The Kier molecular flexibility index (Phi) is 6.51. The molecule has 1 aromatic heterocycles. The number of alkyl halides is 3. The highest BCUT2D eigenvalue weighted by molar-refractivity contribution is 6.34. The highest BCUT2D eigenvalue weighted by Gasteiger charge is 2.37. The first-order chi connectivity index (χ1) is 17.3. The summed E-state index contributed by atoms with van der Waals surface area (Å²) in [5, 5.41) is 13.0. The maximum absolute atomic E-state index is 14.4. The van der Waals surface area contributed by atoms with Crippen LogP contribution in [0.1, 0.15) is 36.6 Å². The van der Waals surface area contributed by atoms with Crippen LogP contribution in [0.15, 0.2) is 54.6 Å². The van der Waals surface area contributed by atoms with Crippen LogP contribution in [-0.4, -0.2) is 51.7 Å². The standard InChI is InChI=1S/C25H16ClF4N3O4/c1-32(2)22(34)13-7-9-15-19(11-13)33(23(35)20-16(25(28,29)30)4-3-5-17(20)26)31-21(15)12-6-8-14(24(36)37)18(27)10-12/h3-11H,1-2H3,(H,36,37). The number of carboxylic acids is 1. The molecule has 1 amide bonds. The minimum Gasteiger partial charge on any atom is -0.478 e. The summed E-state index contributed by atoms with van der Waals surface area (Å²) in [6.07, 6.45) is -4.91. The molecule has 4 aromatic rings. The Morgan fingerprint density at radius 2 is 1.73 bits per heavy atom. The maximum Gasteiger partial charge on any atom is 0.417 e. The SMILES string of the molecule is CN(C)C(=O)c1ccc2c(-c3ccc(C(=O)O)c(F)c3)nn(C(=O)c3c(Cl)cccc3C(F)(F)F)c2c1. The van der Waals surface area contributed by atoms with Gasteiger partial charge in [-0.1, -0.05) is 23.7 Å². The van der Waals surface area contributed by atoms with E-state index < -0.39 is 51.5 Å². The van der Waals surface area contributed by atoms with E-state index in [4.69, 9.17) is 16.7 Å². The Morgan fingerprint density at radius 1 is 1.03 bits per heavy atom. The van der Waals surface area contributed by atoms with Crippen molar-refractivity contribution in [3.05, 3.63) is 87.7 Å². The first-order valence-electron chi connectivity index (χ1n) is 10.5. The molecule has 0 atom stereocenters. The van der Waals surface area contributed by atoms with Crippen LogP contribution >= 0.6 is 11.6 Å². The van der Waals surface area contributed by atoms with Crippen LogP contribution in [0.3, 0.4) is 0 Å². The maximum atomic E-state index is 14.4. The van der Waals surface area contributed by atoms with E-state index in [-0.39, 0.29) is 27.7 Å². The number of carboxylic acid groups (broad SMARTS) is 1. The molecular formula is C25H16ClF4N3O4. The fourth-order valence-electron chi connectivity index (χ4n) is 3.79. The predicted molar refractivity (Wildman–Crippen MR) is 126 cm³/mol. The van der Waals surface area contributed by atoms with Crippen molar-refractivity contribution < 1.29 is 37.1 Å². The monoisotopic (exact) mass is 533 g/mol. The quantitative estimate of drug-likeness (QED) is 0.345. The lowest BCUT2D eigenvalue weighted by Gasteiger charge is -2.14. The predicted octanol–water partition coefficient (Wildman–Crippen LogP) is 5.60. The lowest BCUT2D eigenvalue weighted by molar-refractivity contribution is -0.137. The van der Waals surface area contributed by atoms with E-state index in [1.54, 1.807) is 0 Å². The molecule has 7 nitrogen and oxygen atoms in total. The van der Waals surface area contributed by atoms with E-state index in [0.717, 1.165) is 24.3 Å². The molecule has 0 saturated carbocycles. The summed E-state index contributed by atoms with van der Waals surface area (Å²) in [6.45, 7) is 0. The number of halogens is 5. The topological polar surface area (TPSA) is 92.5 Å². The first kappa shape index (κ1) is 25.8. The summed E-state index contributed by atoms with van der Waals surface area (Å²) in [4.78, 5) is 38.5. The molecular weight excluding hydrogens is 518 g/mol. The van der Waals surface area contributed by atoms with Gasteiger partial charge in [-0.2, -0.15) is 23.0 Å². The number of hydrogen-bond donors (Lipinski definition) is 1. The lowest BCUT2D eigenvalue weighted by atomic mass is 10.0. The van der Waals surface area contributed by atoms with Crippen molar-refractivity contribution >= 4 is 40.3 Å². The minimum absolute atomic E-state index is 0.0244. The third-order valence-electron chi connectivity index (χ3n) is 5.53. The minimum atomic E-state index is -4.91. The van der Waals surface area contributed by atoms with Crippen LogP contribution in [0.25, 0.3) is 22.2 Å². The summed E-state index contributed by atoms with van der Waals surface area (Å²) in [6, 6.07) is 10.1. The molecule has 3 aromatic carbocycles. The molecule has 0 unspecified atom stereocenters. The van der Waals surface area contributed by atoms with Gasteiger partial charge in [-0.25, -0.2) is 9.18 Å². The summed E-state index contributed by atoms with van der Waals surface area (Å²) in [5.74, 6) is -4.26. The first-order valence-corrected chi connectivity index (χ1v) is 10.9. The molecule has 0 spiro atoms. The number of rotatable bonds is 4. The van der Waals surface area contributed by atoms with Gasteiger partial charge in [0.1, 0.15) is 11.5 Å². The van der Waals surface area contributed by atoms with E-state index in [9.17, 15) is 31.9 Å². The fourth-order valence-corrected chi connectivity index (χ4v) is 4.05. The number of aromatic nitrogens is 2. The largest absolute Gasteiger partial charge is 0.478 e. The van der Waals surface area contributed by atoms with Gasteiger partial charge >= 0.3 is 12.1 Å². The van der Waals surface area contributed by atoms with Gasteiger partial charge in [0.25, 0.3) is 11.8 Å². The van der Waals surface area contributed by atoms with Crippen LogP contribution < -0.4 is 0 Å². The Balaban J connectivity index is 2.01. The second-order valence-corrected chi connectivity index (χ2v) is 8.56. The highest BCUT2D eigenvalue weighted by Crippen LogP contribution is 2.37. The van der Waals surface area contributed by atoms with E-state index in [1.807, 2.05) is 0 Å².